The Morgan fingerprint density at radius 3 is 2.22 bits per heavy atom. The lowest BCUT2D eigenvalue weighted by Gasteiger charge is -2.25. The summed E-state index contributed by atoms with van der Waals surface area (Å²) in [7, 11) is 0. The molecule has 0 saturated carbocycles. The summed E-state index contributed by atoms with van der Waals surface area (Å²) in [6.45, 7) is 0. The van der Waals surface area contributed by atoms with Crippen molar-refractivity contribution in [1.82, 2.24) is 0 Å². The SMILES string of the molecule is N[C@@H](C[C@@](O)(Cc1ccccc1)C(=O)O)C(=O)O. The Morgan fingerprint density at radius 2 is 1.78 bits per heavy atom. The van der Waals surface area contributed by atoms with E-state index in [0.29, 0.717) is 5.56 Å². The molecule has 0 unspecified atom stereocenters. The van der Waals surface area contributed by atoms with E-state index in [1.54, 1.807) is 30.3 Å². The molecule has 0 spiro atoms. The summed E-state index contributed by atoms with van der Waals surface area (Å²) < 4.78 is 0. The number of carboxylic acid groups (broad SMARTS) is 2. The van der Waals surface area contributed by atoms with E-state index in [-0.39, 0.29) is 6.42 Å². The summed E-state index contributed by atoms with van der Waals surface area (Å²) in [5.41, 5.74) is 3.69. The van der Waals surface area contributed by atoms with Crippen molar-refractivity contribution in [3.8, 4) is 0 Å². The van der Waals surface area contributed by atoms with Crippen LogP contribution in [0.2, 0.25) is 0 Å². The van der Waals surface area contributed by atoms with Crippen LogP contribution < -0.4 is 5.73 Å². The molecule has 0 aliphatic rings. The largest absolute Gasteiger partial charge is 0.480 e. The van der Waals surface area contributed by atoms with Gasteiger partial charge in [-0.3, -0.25) is 4.79 Å². The predicted molar refractivity (Wildman–Crippen MR) is 63.0 cm³/mol. The third-order valence-electron chi connectivity index (χ3n) is 2.61. The number of hydrogen-bond donors (Lipinski definition) is 4. The van der Waals surface area contributed by atoms with E-state index < -0.39 is 30.0 Å². The zero-order valence-corrected chi connectivity index (χ0v) is 9.61. The molecule has 0 saturated heterocycles. The minimum absolute atomic E-state index is 0.190. The fraction of sp³-hybridized carbons (Fsp3) is 0.333. The molecule has 1 aromatic rings. The normalized spacial score (nSPS) is 15.7. The number of benzene rings is 1. The van der Waals surface area contributed by atoms with Crippen molar-refractivity contribution >= 4 is 11.9 Å². The van der Waals surface area contributed by atoms with E-state index in [2.05, 4.69) is 0 Å². The third-order valence-corrected chi connectivity index (χ3v) is 2.61. The van der Waals surface area contributed by atoms with Gasteiger partial charge in [0.05, 0.1) is 0 Å². The molecule has 6 nitrogen and oxygen atoms in total. The molecule has 5 N–H and O–H groups in total. The van der Waals surface area contributed by atoms with Crippen LogP contribution in [-0.4, -0.2) is 38.9 Å². The van der Waals surface area contributed by atoms with Gasteiger partial charge in [0.1, 0.15) is 6.04 Å². The second kappa shape index (κ2) is 5.61. The smallest absolute Gasteiger partial charge is 0.336 e. The van der Waals surface area contributed by atoms with Gasteiger partial charge in [-0.1, -0.05) is 30.3 Å². The Labute approximate surface area is 104 Å². The molecule has 0 amide bonds. The van der Waals surface area contributed by atoms with Crippen molar-refractivity contribution in [3.63, 3.8) is 0 Å². The minimum Gasteiger partial charge on any atom is -0.480 e. The Hall–Kier alpha value is -1.92. The van der Waals surface area contributed by atoms with Crippen LogP contribution in [0.5, 0.6) is 0 Å². The fourth-order valence-electron chi connectivity index (χ4n) is 1.62. The second-order valence-corrected chi connectivity index (χ2v) is 4.15. The van der Waals surface area contributed by atoms with Crippen molar-refractivity contribution in [2.45, 2.75) is 24.5 Å². The summed E-state index contributed by atoms with van der Waals surface area (Å²) in [5.74, 6) is -2.83. The minimum atomic E-state index is -2.18. The highest BCUT2D eigenvalue weighted by Crippen LogP contribution is 2.19. The van der Waals surface area contributed by atoms with E-state index in [9.17, 15) is 14.7 Å². The van der Waals surface area contributed by atoms with Gasteiger partial charge in [-0.25, -0.2) is 4.79 Å². The van der Waals surface area contributed by atoms with Crippen molar-refractivity contribution in [1.29, 1.82) is 0 Å². The highest BCUT2D eigenvalue weighted by Gasteiger charge is 2.39. The van der Waals surface area contributed by atoms with Gasteiger partial charge in [-0.05, 0) is 5.56 Å². The standard InChI is InChI=1S/C12H15NO5/c13-9(10(14)15)7-12(18,11(16)17)6-8-4-2-1-3-5-8/h1-5,9,18H,6-7,13H2,(H,14,15)(H,16,17)/t9-,12-/m0/s1. The van der Waals surface area contributed by atoms with Crippen LogP contribution >= 0.6 is 0 Å². The monoisotopic (exact) mass is 253 g/mol. The van der Waals surface area contributed by atoms with Crippen LogP contribution in [0.3, 0.4) is 0 Å². The van der Waals surface area contributed by atoms with Crippen LogP contribution in [0.4, 0.5) is 0 Å². The average molecular weight is 253 g/mol. The molecular weight excluding hydrogens is 238 g/mol. The zero-order chi connectivity index (χ0) is 13.8. The molecule has 98 valence electrons. The Bertz CT molecular complexity index is 433. The highest BCUT2D eigenvalue weighted by atomic mass is 16.4. The van der Waals surface area contributed by atoms with Crippen LogP contribution in [0.15, 0.2) is 30.3 Å². The van der Waals surface area contributed by atoms with Crippen LogP contribution in [0, 0.1) is 0 Å². The Balaban J connectivity index is 2.87. The summed E-state index contributed by atoms with van der Waals surface area (Å²) in [6, 6.07) is 7.05. The van der Waals surface area contributed by atoms with Crippen LogP contribution in [0.25, 0.3) is 0 Å². The van der Waals surface area contributed by atoms with Gasteiger partial charge in [-0.15, -0.1) is 0 Å². The van der Waals surface area contributed by atoms with Gasteiger partial charge in [-0.2, -0.15) is 0 Å². The lowest BCUT2D eigenvalue weighted by Crippen LogP contribution is -2.48. The fourth-order valence-corrected chi connectivity index (χ4v) is 1.62. The predicted octanol–water partition coefficient (Wildman–Crippen LogP) is -0.153. The maximum atomic E-state index is 11.1. The maximum absolute atomic E-state index is 11.1. The molecule has 0 aromatic heterocycles. The molecule has 18 heavy (non-hydrogen) atoms. The maximum Gasteiger partial charge on any atom is 0.336 e. The van der Waals surface area contributed by atoms with E-state index in [1.807, 2.05) is 0 Å². The number of carbonyl (C=O) groups is 2. The quantitative estimate of drug-likeness (QED) is 0.559. The van der Waals surface area contributed by atoms with Crippen molar-refractivity contribution in [2.24, 2.45) is 5.73 Å². The molecule has 0 radical (unpaired) electrons. The molecule has 1 rings (SSSR count). The zero-order valence-electron chi connectivity index (χ0n) is 9.61. The van der Waals surface area contributed by atoms with Gasteiger partial charge in [0.15, 0.2) is 5.60 Å². The lowest BCUT2D eigenvalue weighted by molar-refractivity contribution is -0.160. The second-order valence-electron chi connectivity index (χ2n) is 4.15. The van der Waals surface area contributed by atoms with Crippen molar-refractivity contribution < 1.29 is 24.9 Å². The van der Waals surface area contributed by atoms with Gasteiger partial charge >= 0.3 is 11.9 Å². The van der Waals surface area contributed by atoms with E-state index >= 15 is 0 Å². The molecular formula is C12H15NO5. The molecule has 0 aliphatic carbocycles. The van der Waals surface area contributed by atoms with Gasteiger partial charge < -0.3 is 21.1 Å². The number of aliphatic carboxylic acids is 2. The summed E-state index contributed by atoms with van der Waals surface area (Å²) in [4.78, 5) is 21.7. The van der Waals surface area contributed by atoms with E-state index in [1.165, 1.54) is 0 Å². The number of aliphatic hydroxyl groups is 1. The number of hydrogen-bond acceptors (Lipinski definition) is 4. The molecule has 0 fully saturated rings. The van der Waals surface area contributed by atoms with Gasteiger partial charge in [0.2, 0.25) is 0 Å². The first-order valence-corrected chi connectivity index (χ1v) is 5.33. The van der Waals surface area contributed by atoms with Gasteiger partial charge in [0.25, 0.3) is 0 Å². The number of nitrogens with two attached hydrogens (primary N) is 1. The number of rotatable bonds is 6. The van der Waals surface area contributed by atoms with Gasteiger partial charge in [0, 0.05) is 12.8 Å². The van der Waals surface area contributed by atoms with Crippen molar-refractivity contribution in [2.75, 3.05) is 0 Å². The first-order chi connectivity index (χ1) is 8.35. The molecule has 2 atom stereocenters. The third kappa shape index (κ3) is 3.54. The molecule has 0 heterocycles. The molecule has 1 aromatic carbocycles. The summed E-state index contributed by atoms with van der Waals surface area (Å²) in [5, 5.41) is 27.7. The average Bonchev–Trinajstić information content (AvgIpc) is 2.29. The Kier molecular flexibility index (Phi) is 4.41. The first-order valence-electron chi connectivity index (χ1n) is 5.33. The molecule has 6 heteroatoms. The topological polar surface area (TPSA) is 121 Å². The van der Waals surface area contributed by atoms with E-state index in [0.717, 1.165) is 0 Å². The Morgan fingerprint density at radius 1 is 1.22 bits per heavy atom. The molecule has 0 aliphatic heterocycles. The number of carboxylic acids is 2. The summed E-state index contributed by atoms with van der Waals surface area (Å²) >= 11 is 0. The first kappa shape index (κ1) is 14.1. The van der Waals surface area contributed by atoms with Crippen LogP contribution in [0.1, 0.15) is 12.0 Å². The van der Waals surface area contributed by atoms with E-state index in [4.69, 9.17) is 15.9 Å². The lowest BCUT2D eigenvalue weighted by atomic mass is 9.88. The summed E-state index contributed by atoms with van der Waals surface area (Å²) in [6.07, 6.45) is -0.739. The van der Waals surface area contributed by atoms with Crippen LogP contribution in [-0.2, 0) is 16.0 Å². The highest BCUT2D eigenvalue weighted by molar-refractivity contribution is 5.80. The van der Waals surface area contributed by atoms with Crippen molar-refractivity contribution in [3.05, 3.63) is 35.9 Å². The molecule has 0 bridgehead atoms.